The molecule has 2 heterocycles. The summed E-state index contributed by atoms with van der Waals surface area (Å²) in [6.45, 7) is 2.99. The molecule has 1 aliphatic heterocycles. The van der Waals surface area contributed by atoms with Gasteiger partial charge >= 0.3 is 0 Å². The monoisotopic (exact) mass is 409 g/mol. The van der Waals surface area contributed by atoms with Gasteiger partial charge in [-0.1, -0.05) is 48.5 Å². The molecule has 1 amide bonds. The number of piperidine rings is 1. The molecule has 0 spiro atoms. The molecule has 1 saturated heterocycles. The summed E-state index contributed by atoms with van der Waals surface area (Å²) in [7, 11) is 0. The number of benzene rings is 3. The molecule has 31 heavy (non-hydrogen) atoms. The van der Waals surface area contributed by atoms with E-state index >= 15 is 0 Å². The van der Waals surface area contributed by atoms with Gasteiger partial charge in [0.05, 0.1) is 0 Å². The summed E-state index contributed by atoms with van der Waals surface area (Å²) < 4.78 is 2.35. The van der Waals surface area contributed by atoms with Crippen molar-refractivity contribution < 1.29 is 4.79 Å². The molecule has 5 rings (SSSR count). The van der Waals surface area contributed by atoms with Crippen LogP contribution in [0.15, 0.2) is 85.1 Å². The molecule has 0 radical (unpaired) electrons. The van der Waals surface area contributed by atoms with E-state index in [2.05, 4.69) is 57.8 Å². The van der Waals surface area contributed by atoms with E-state index in [9.17, 15) is 4.79 Å². The highest BCUT2D eigenvalue weighted by Gasteiger charge is 2.20. The standard InChI is InChI=1S/C27H27N3O/c31-27(29-23-6-2-1-3-7-23)22-12-10-20(11-13-22)18-30-19-25(21-14-16-28-17-15-21)24-8-4-5-9-26(24)30/h1-13,19,21,28H,14-18H2,(H,29,31). The van der Waals surface area contributed by atoms with Gasteiger partial charge in [0.2, 0.25) is 0 Å². The lowest BCUT2D eigenvalue weighted by Crippen LogP contribution is -2.26. The molecule has 0 aliphatic carbocycles. The minimum Gasteiger partial charge on any atom is -0.343 e. The Morgan fingerprint density at radius 3 is 2.39 bits per heavy atom. The number of carbonyl (C=O) groups excluding carboxylic acids is 1. The van der Waals surface area contributed by atoms with E-state index in [4.69, 9.17) is 0 Å². The van der Waals surface area contributed by atoms with Crippen LogP contribution in [0.3, 0.4) is 0 Å². The predicted molar refractivity (Wildman–Crippen MR) is 127 cm³/mol. The number of fused-ring (bicyclic) bond motifs is 1. The SMILES string of the molecule is O=C(Nc1ccccc1)c1ccc(Cn2cc(C3CCNCC3)c3ccccc32)cc1. The molecule has 1 aliphatic rings. The van der Waals surface area contributed by atoms with Crippen molar-refractivity contribution >= 4 is 22.5 Å². The zero-order valence-corrected chi connectivity index (χ0v) is 17.6. The lowest BCUT2D eigenvalue weighted by Gasteiger charge is -2.22. The minimum absolute atomic E-state index is 0.0858. The third-order valence-corrected chi connectivity index (χ3v) is 6.20. The summed E-state index contributed by atoms with van der Waals surface area (Å²) in [5.41, 5.74) is 5.41. The molecule has 4 aromatic rings. The van der Waals surface area contributed by atoms with Crippen molar-refractivity contribution in [2.24, 2.45) is 0 Å². The van der Waals surface area contributed by atoms with Crippen molar-refractivity contribution in [1.29, 1.82) is 0 Å². The fourth-order valence-electron chi connectivity index (χ4n) is 4.55. The predicted octanol–water partition coefficient (Wildman–Crippen LogP) is 5.41. The zero-order chi connectivity index (χ0) is 21.0. The van der Waals surface area contributed by atoms with Crippen LogP contribution in [0.25, 0.3) is 10.9 Å². The highest BCUT2D eigenvalue weighted by atomic mass is 16.1. The number of hydrogen-bond acceptors (Lipinski definition) is 2. The highest BCUT2D eigenvalue weighted by Crippen LogP contribution is 2.33. The largest absolute Gasteiger partial charge is 0.343 e. The Morgan fingerprint density at radius 1 is 0.903 bits per heavy atom. The van der Waals surface area contributed by atoms with E-state index in [0.717, 1.165) is 25.3 Å². The van der Waals surface area contributed by atoms with E-state index in [1.807, 2.05) is 42.5 Å². The molecule has 156 valence electrons. The molecule has 0 atom stereocenters. The average molecular weight is 410 g/mol. The number of nitrogens with zero attached hydrogens (tertiary/aromatic N) is 1. The van der Waals surface area contributed by atoms with Gasteiger partial charge in [-0.05, 0) is 73.3 Å². The number of anilines is 1. The van der Waals surface area contributed by atoms with E-state index in [1.165, 1.54) is 34.9 Å². The maximum Gasteiger partial charge on any atom is 0.255 e. The first-order valence-electron chi connectivity index (χ1n) is 11.0. The van der Waals surface area contributed by atoms with Gasteiger partial charge < -0.3 is 15.2 Å². The van der Waals surface area contributed by atoms with Crippen molar-refractivity contribution in [3.63, 3.8) is 0 Å². The highest BCUT2D eigenvalue weighted by molar-refractivity contribution is 6.04. The molecular formula is C27H27N3O. The average Bonchev–Trinajstić information content (AvgIpc) is 3.19. The quantitative estimate of drug-likeness (QED) is 0.463. The number of aromatic nitrogens is 1. The summed E-state index contributed by atoms with van der Waals surface area (Å²) in [4.78, 5) is 12.5. The van der Waals surface area contributed by atoms with Gasteiger partial charge in [0.15, 0.2) is 0 Å². The third kappa shape index (κ3) is 4.25. The summed E-state index contributed by atoms with van der Waals surface area (Å²) >= 11 is 0. The smallest absolute Gasteiger partial charge is 0.255 e. The van der Waals surface area contributed by atoms with Gasteiger partial charge in [0.1, 0.15) is 0 Å². The number of carbonyl (C=O) groups is 1. The van der Waals surface area contributed by atoms with Crippen LogP contribution in [0.5, 0.6) is 0 Å². The number of para-hydroxylation sites is 2. The van der Waals surface area contributed by atoms with Gasteiger partial charge in [-0.25, -0.2) is 0 Å². The van der Waals surface area contributed by atoms with Crippen LogP contribution >= 0.6 is 0 Å². The van der Waals surface area contributed by atoms with Gasteiger partial charge in [0.25, 0.3) is 5.91 Å². The maximum atomic E-state index is 12.5. The Balaban J connectivity index is 1.36. The molecule has 1 fully saturated rings. The lowest BCUT2D eigenvalue weighted by atomic mass is 9.90. The number of rotatable bonds is 5. The van der Waals surface area contributed by atoms with E-state index in [1.54, 1.807) is 0 Å². The Bertz CT molecular complexity index is 1170. The van der Waals surface area contributed by atoms with E-state index < -0.39 is 0 Å². The van der Waals surface area contributed by atoms with Crippen LogP contribution in [-0.4, -0.2) is 23.6 Å². The molecule has 0 bridgehead atoms. The zero-order valence-electron chi connectivity index (χ0n) is 17.6. The second-order valence-electron chi connectivity index (χ2n) is 8.27. The molecule has 0 unspecified atom stereocenters. The Hall–Kier alpha value is -3.37. The Labute approximate surface area is 182 Å². The van der Waals surface area contributed by atoms with Crippen molar-refractivity contribution in [2.75, 3.05) is 18.4 Å². The molecule has 4 nitrogen and oxygen atoms in total. The lowest BCUT2D eigenvalue weighted by molar-refractivity contribution is 0.102. The first kappa shape index (κ1) is 19.6. The van der Waals surface area contributed by atoms with Crippen LogP contribution in [0, 0.1) is 0 Å². The third-order valence-electron chi connectivity index (χ3n) is 6.20. The number of hydrogen-bond donors (Lipinski definition) is 2. The fourth-order valence-corrected chi connectivity index (χ4v) is 4.55. The summed E-state index contributed by atoms with van der Waals surface area (Å²) in [6, 6.07) is 26.2. The molecule has 2 N–H and O–H groups in total. The normalized spacial score (nSPS) is 14.6. The van der Waals surface area contributed by atoms with Crippen molar-refractivity contribution in [3.8, 4) is 0 Å². The topological polar surface area (TPSA) is 46.1 Å². The van der Waals surface area contributed by atoms with E-state index in [-0.39, 0.29) is 5.91 Å². The maximum absolute atomic E-state index is 12.5. The molecule has 3 aromatic carbocycles. The van der Waals surface area contributed by atoms with Crippen LogP contribution in [0.4, 0.5) is 5.69 Å². The van der Waals surface area contributed by atoms with Crippen molar-refractivity contribution in [1.82, 2.24) is 9.88 Å². The van der Waals surface area contributed by atoms with Gasteiger partial charge in [-0.3, -0.25) is 4.79 Å². The first-order chi connectivity index (χ1) is 15.3. The number of amides is 1. The second-order valence-corrected chi connectivity index (χ2v) is 8.27. The van der Waals surface area contributed by atoms with Crippen LogP contribution in [0.2, 0.25) is 0 Å². The minimum atomic E-state index is -0.0858. The summed E-state index contributed by atoms with van der Waals surface area (Å²) in [5, 5.41) is 7.78. The molecule has 4 heteroatoms. The fraction of sp³-hybridized carbons (Fsp3) is 0.222. The van der Waals surface area contributed by atoms with Gasteiger partial charge in [-0.2, -0.15) is 0 Å². The Kier molecular flexibility index (Phi) is 5.55. The van der Waals surface area contributed by atoms with E-state index in [0.29, 0.717) is 11.5 Å². The van der Waals surface area contributed by atoms with Crippen LogP contribution in [-0.2, 0) is 6.54 Å². The molecule has 1 aromatic heterocycles. The summed E-state index contributed by atoms with van der Waals surface area (Å²) in [5.74, 6) is 0.536. The first-order valence-corrected chi connectivity index (χ1v) is 11.0. The second kappa shape index (κ2) is 8.78. The van der Waals surface area contributed by atoms with Gasteiger partial charge in [0, 0.05) is 34.9 Å². The van der Waals surface area contributed by atoms with Crippen LogP contribution in [0.1, 0.15) is 40.2 Å². The van der Waals surface area contributed by atoms with Gasteiger partial charge in [-0.15, -0.1) is 0 Å². The molecule has 0 saturated carbocycles. The number of nitrogens with one attached hydrogen (secondary N) is 2. The van der Waals surface area contributed by atoms with Crippen LogP contribution < -0.4 is 10.6 Å². The summed E-state index contributed by atoms with van der Waals surface area (Å²) in [6.07, 6.45) is 4.73. The Morgan fingerprint density at radius 2 is 1.61 bits per heavy atom. The van der Waals surface area contributed by atoms with Crippen molar-refractivity contribution in [2.45, 2.75) is 25.3 Å². The van der Waals surface area contributed by atoms with Crippen molar-refractivity contribution in [3.05, 3.63) is 102 Å². The molecular weight excluding hydrogens is 382 g/mol.